The number of carbonyl (C=O) groups is 1. The molecule has 0 fully saturated rings. The van der Waals surface area contributed by atoms with Crippen LogP contribution >= 0.6 is 23.1 Å². The average Bonchev–Trinajstić information content (AvgIpc) is 3.21. The first-order chi connectivity index (χ1) is 16.1. The molecule has 0 unspecified atom stereocenters. The molecular weight excluding hydrogens is 470 g/mol. The van der Waals surface area contributed by atoms with Crippen molar-refractivity contribution in [1.29, 1.82) is 0 Å². The molecule has 0 aliphatic heterocycles. The Morgan fingerprint density at radius 2 is 1.82 bits per heavy atom. The Morgan fingerprint density at radius 3 is 2.47 bits per heavy atom. The Morgan fingerprint density at radius 1 is 1.15 bits per heavy atom. The summed E-state index contributed by atoms with van der Waals surface area (Å²) in [7, 11) is 1.78. The lowest BCUT2D eigenvalue weighted by molar-refractivity contribution is -0.115. The maximum Gasteiger partial charge on any atom is 0.295 e. The number of fused-ring (bicyclic) bond motifs is 1. The lowest BCUT2D eigenvalue weighted by Gasteiger charge is -2.14. The van der Waals surface area contributed by atoms with Crippen LogP contribution in [0.4, 0.5) is 5.69 Å². The number of anilines is 1. The Bertz CT molecular complexity index is 1510. The third-order valence-corrected chi connectivity index (χ3v) is 8.22. The number of hydrogen-bond donors (Lipinski definition) is 1. The highest BCUT2D eigenvalue weighted by molar-refractivity contribution is 8.00. The van der Waals surface area contributed by atoms with Gasteiger partial charge in [-0.15, -0.1) is 11.3 Å². The van der Waals surface area contributed by atoms with Crippen LogP contribution in [0.2, 0.25) is 0 Å². The van der Waals surface area contributed by atoms with Crippen molar-refractivity contribution in [2.45, 2.75) is 51.6 Å². The zero-order valence-corrected chi connectivity index (χ0v) is 21.6. The molecule has 0 saturated carbocycles. The van der Waals surface area contributed by atoms with E-state index in [9.17, 15) is 14.4 Å². The number of benzene rings is 1. The second-order valence-corrected chi connectivity index (χ2v) is 10.6. The first-order valence-corrected chi connectivity index (χ1v) is 12.7. The van der Waals surface area contributed by atoms with E-state index in [0.717, 1.165) is 10.4 Å². The van der Waals surface area contributed by atoms with E-state index in [1.54, 1.807) is 30.1 Å². The van der Waals surface area contributed by atoms with Crippen molar-refractivity contribution >= 4 is 44.9 Å². The number of aryl methyl sites for hydroxylation is 2. The molecule has 0 aliphatic rings. The van der Waals surface area contributed by atoms with E-state index in [1.165, 1.54) is 27.8 Å². The van der Waals surface area contributed by atoms with E-state index in [-0.39, 0.29) is 22.7 Å². The predicted octanol–water partition coefficient (Wildman–Crippen LogP) is 4.01. The van der Waals surface area contributed by atoms with E-state index >= 15 is 0 Å². The molecule has 4 aromatic rings. The molecule has 3 aromatic heterocycles. The van der Waals surface area contributed by atoms with Gasteiger partial charge in [0.1, 0.15) is 10.5 Å². The van der Waals surface area contributed by atoms with Gasteiger partial charge in [-0.25, -0.2) is 9.67 Å². The highest BCUT2D eigenvalue weighted by Gasteiger charge is 2.24. The van der Waals surface area contributed by atoms with E-state index in [1.807, 2.05) is 51.1 Å². The van der Waals surface area contributed by atoms with Gasteiger partial charge in [0.15, 0.2) is 5.16 Å². The van der Waals surface area contributed by atoms with Crippen molar-refractivity contribution in [3.63, 3.8) is 0 Å². The summed E-state index contributed by atoms with van der Waals surface area (Å²) in [5.74, 6) is -0.327. The minimum absolute atomic E-state index is 0.0888. The molecule has 0 radical (unpaired) electrons. The molecule has 10 heteroatoms. The molecule has 1 amide bonds. The molecule has 1 N–H and O–H groups in total. The summed E-state index contributed by atoms with van der Waals surface area (Å²) in [5.41, 5.74) is 2.17. The van der Waals surface area contributed by atoms with Gasteiger partial charge in [0, 0.05) is 18.5 Å². The van der Waals surface area contributed by atoms with E-state index in [2.05, 4.69) is 5.32 Å². The summed E-state index contributed by atoms with van der Waals surface area (Å²) in [6.07, 6.45) is 0. The summed E-state index contributed by atoms with van der Waals surface area (Å²) in [6, 6.07) is 9.27. The Balaban J connectivity index is 1.63. The van der Waals surface area contributed by atoms with Crippen molar-refractivity contribution in [2.24, 2.45) is 7.05 Å². The molecule has 34 heavy (non-hydrogen) atoms. The molecule has 8 nitrogen and oxygen atoms in total. The maximum absolute atomic E-state index is 13.1. The summed E-state index contributed by atoms with van der Waals surface area (Å²) in [5, 5.41) is 3.37. The lowest BCUT2D eigenvalue weighted by Crippen LogP contribution is -2.28. The molecule has 3 heterocycles. The van der Waals surface area contributed by atoms with Crippen molar-refractivity contribution < 1.29 is 4.79 Å². The second-order valence-electron chi connectivity index (χ2n) is 8.09. The summed E-state index contributed by atoms with van der Waals surface area (Å²) in [4.78, 5) is 45.7. The van der Waals surface area contributed by atoms with Crippen LogP contribution in [0, 0.1) is 20.8 Å². The van der Waals surface area contributed by atoms with Gasteiger partial charge in [-0.05, 0) is 52.3 Å². The van der Waals surface area contributed by atoms with Crippen molar-refractivity contribution in [2.75, 3.05) is 5.32 Å². The number of nitrogens with one attached hydrogen (secondary N) is 1. The number of hydrogen-bond acceptors (Lipinski definition) is 6. The molecule has 1 atom stereocenters. The minimum Gasteiger partial charge on any atom is -0.319 e. The van der Waals surface area contributed by atoms with Gasteiger partial charge in [0.25, 0.3) is 11.1 Å². The van der Waals surface area contributed by atoms with E-state index in [4.69, 9.17) is 4.98 Å². The second kappa shape index (κ2) is 9.27. The fourth-order valence-electron chi connectivity index (χ4n) is 3.83. The zero-order chi connectivity index (χ0) is 24.7. The molecule has 4 rings (SSSR count). The van der Waals surface area contributed by atoms with Gasteiger partial charge < -0.3 is 5.32 Å². The van der Waals surface area contributed by atoms with E-state index in [0.29, 0.717) is 33.3 Å². The number of amides is 1. The third kappa shape index (κ3) is 4.01. The number of carbonyl (C=O) groups excluding carboxylic acids is 1. The lowest BCUT2D eigenvalue weighted by atomic mass is 10.2. The first-order valence-electron chi connectivity index (χ1n) is 11.0. The number of aromatic nitrogens is 4. The molecule has 1 aromatic carbocycles. The Kier molecular flexibility index (Phi) is 6.55. The number of thioether (sulfide) groups is 1. The van der Waals surface area contributed by atoms with Crippen molar-refractivity contribution in [1.82, 2.24) is 18.9 Å². The quantitative estimate of drug-likeness (QED) is 0.321. The van der Waals surface area contributed by atoms with Gasteiger partial charge in [-0.1, -0.05) is 30.0 Å². The molecule has 0 saturated heterocycles. The number of rotatable bonds is 6. The molecular formula is C24H27N5O3S2. The standard InChI is InChI=1S/C24H27N5O3S2/c1-7-28-22(31)18-13(2)15(4)33-21(18)26-24(28)34-16(5)20(30)25-19-14(3)27(6)29(23(19)32)17-11-9-8-10-12-17/h8-12,16H,7H2,1-6H3,(H,25,30)/t16-/m1/s1. The fourth-order valence-corrected chi connectivity index (χ4v) is 5.87. The van der Waals surface area contributed by atoms with Gasteiger partial charge in [-0.3, -0.25) is 23.6 Å². The summed E-state index contributed by atoms with van der Waals surface area (Å²) in [6.45, 7) is 9.79. The van der Waals surface area contributed by atoms with Crippen LogP contribution in [-0.4, -0.2) is 30.1 Å². The smallest absolute Gasteiger partial charge is 0.295 e. The van der Waals surface area contributed by atoms with Gasteiger partial charge in [0.05, 0.1) is 22.0 Å². The molecule has 0 bridgehead atoms. The van der Waals surface area contributed by atoms with Crippen LogP contribution in [0.3, 0.4) is 0 Å². The van der Waals surface area contributed by atoms with Crippen LogP contribution in [0.5, 0.6) is 0 Å². The predicted molar refractivity (Wildman–Crippen MR) is 139 cm³/mol. The molecule has 0 aliphatic carbocycles. The van der Waals surface area contributed by atoms with Gasteiger partial charge >= 0.3 is 0 Å². The van der Waals surface area contributed by atoms with Crippen molar-refractivity contribution in [3.05, 3.63) is 67.2 Å². The Labute approximate surface area is 205 Å². The Hall–Kier alpha value is -3.11. The highest BCUT2D eigenvalue weighted by Crippen LogP contribution is 2.30. The third-order valence-electron chi connectivity index (χ3n) is 6.02. The highest BCUT2D eigenvalue weighted by atomic mass is 32.2. The first kappa shape index (κ1) is 24.0. The normalized spacial score (nSPS) is 12.3. The van der Waals surface area contributed by atoms with Crippen LogP contribution in [0.15, 0.2) is 45.1 Å². The van der Waals surface area contributed by atoms with Crippen LogP contribution in [0.1, 0.15) is 30.0 Å². The average molecular weight is 498 g/mol. The van der Waals surface area contributed by atoms with Crippen LogP contribution < -0.4 is 16.4 Å². The van der Waals surface area contributed by atoms with Crippen LogP contribution in [-0.2, 0) is 18.4 Å². The number of nitrogens with zero attached hydrogens (tertiary/aromatic N) is 4. The number of para-hydroxylation sites is 1. The number of thiophene rings is 1. The summed E-state index contributed by atoms with van der Waals surface area (Å²) >= 11 is 2.70. The SMILES string of the molecule is CCn1c(S[C@H](C)C(=O)Nc2c(C)n(C)n(-c3ccccc3)c2=O)nc2sc(C)c(C)c2c1=O. The fraction of sp³-hybridized carbons (Fsp3) is 0.333. The minimum atomic E-state index is -0.575. The van der Waals surface area contributed by atoms with Gasteiger partial charge in [-0.2, -0.15) is 0 Å². The largest absolute Gasteiger partial charge is 0.319 e. The maximum atomic E-state index is 13.1. The van der Waals surface area contributed by atoms with Crippen LogP contribution in [0.25, 0.3) is 15.9 Å². The zero-order valence-electron chi connectivity index (χ0n) is 20.0. The molecule has 178 valence electrons. The topological polar surface area (TPSA) is 90.9 Å². The van der Waals surface area contributed by atoms with E-state index < -0.39 is 5.25 Å². The van der Waals surface area contributed by atoms with Gasteiger partial charge in [0.2, 0.25) is 5.91 Å². The monoisotopic (exact) mass is 497 g/mol. The molecule has 0 spiro atoms. The summed E-state index contributed by atoms with van der Waals surface area (Å²) < 4.78 is 4.84. The van der Waals surface area contributed by atoms with Crippen molar-refractivity contribution in [3.8, 4) is 5.69 Å².